The summed E-state index contributed by atoms with van der Waals surface area (Å²) < 4.78 is 30.1. The van der Waals surface area contributed by atoms with E-state index in [-0.39, 0.29) is 18.4 Å². The molecule has 7 heteroatoms. The number of carbonyl (C=O) groups is 1. The number of pyridine rings is 1. The summed E-state index contributed by atoms with van der Waals surface area (Å²) in [6, 6.07) is 12.1. The Balaban J connectivity index is 1.56. The molecule has 1 aliphatic rings. The predicted molar refractivity (Wildman–Crippen MR) is 102 cm³/mol. The summed E-state index contributed by atoms with van der Waals surface area (Å²) in [5, 5.41) is -0.467. The number of aromatic nitrogens is 1. The molecule has 1 fully saturated rings. The zero-order valence-corrected chi connectivity index (χ0v) is 16.4. The molecule has 1 amide bonds. The van der Waals surface area contributed by atoms with Gasteiger partial charge in [0.15, 0.2) is 9.84 Å². The van der Waals surface area contributed by atoms with Gasteiger partial charge in [-0.25, -0.2) is 13.4 Å². The number of likely N-dealkylation sites (tertiary alicyclic amines) is 1. The van der Waals surface area contributed by atoms with Crippen LogP contribution in [-0.4, -0.2) is 48.7 Å². The van der Waals surface area contributed by atoms with E-state index in [2.05, 4.69) is 4.98 Å². The highest BCUT2D eigenvalue weighted by Gasteiger charge is 2.28. The number of hydrogen-bond acceptors (Lipinski definition) is 5. The molecule has 2 aromatic rings. The first-order valence-electron chi connectivity index (χ1n) is 9.04. The lowest BCUT2D eigenvalue weighted by Crippen LogP contribution is -2.32. The molecule has 1 saturated heterocycles. The molecule has 3 rings (SSSR count). The van der Waals surface area contributed by atoms with Crippen LogP contribution in [0.5, 0.6) is 5.88 Å². The molecule has 2 heterocycles. The molecule has 0 aliphatic carbocycles. The van der Waals surface area contributed by atoms with Crippen molar-refractivity contribution in [1.29, 1.82) is 0 Å². The Morgan fingerprint density at radius 3 is 2.59 bits per heavy atom. The molecular weight excluding hydrogens is 364 g/mol. The molecule has 144 valence electrons. The van der Waals surface area contributed by atoms with Gasteiger partial charge in [-0.1, -0.05) is 18.2 Å². The van der Waals surface area contributed by atoms with Crippen LogP contribution in [0.15, 0.2) is 53.6 Å². The number of ether oxygens (including phenoxy) is 1. The summed E-state index contributed by atoms with van der Waals surface area (Å²) in [4.78, 5) is 18.8. The van der Waals surface area contributed by atoms with Crippen molar-refractivity contribution in [1.82, 2.24) is 9.88 Å². The van der Waals surface area contributed by atoms with E-state index < -0.39 is 15.1 Å². The summed E-state index contributed by atoms with van der Waals surface area (Å²) in [7, 11) is -3.29. The van der Waals surface area contributed by atoms with Crippen LogP contribution in [0.2, 0.25) is 0 Å². The molecule has 0 radical (unpaired) electrons. The van der Waals surface area contributed by atoms with Crippen molar-refractivity contribution in [3.63, 3.8) is 0 Å². The number of nitrogens with zero attached hydrogens (tertiary/aromatic N) is 2. The van der Waals surface area contributed by atoms with E-state index in [4.69, 9.17) is 4.74 Å². The van der Waals surface area contributed by atoms with Crippen molar-refractivity contribution in [2.75, 3.05) is 13.1 Å². The molecule has 6 nitrogen and oxygen atoms in total. The number of sulfone groups is 1. The smallest absolute Gasteiger partial charge is 0.227 e. The Labute approximate surface area is 160 Å². The lowest BCUT2D eigenvalue weighted by atomic mass is 10.1. The number of benzene rings is 1. The largest absolute Gasteiger partial charge is 0.472 e. The lowest BCUT2D eigenvalue weighted by Gasteiger charge is -2.17. The molecule has 0 saturated carbocycles. The van der Waals surface area contributed by atoms with Gasteiger partial charge in [-0.05, 0) is 37.6 Å². The van der Waals surface area contributed by atoms with E-state index in [9.17, 15) is 13.2 Å². The van der Waals surface area contributed by atoms with Crippen molar-refractivity contribution < 1.29 is 17.9 Å². The molecule has 0 N–H and O–H groups in total. The van der Waals surface area contributed by atoms with E-state index in [0.29, 0.717) is 23.9 Å². The molecule has 1 unspecified atom stereocenters. The van der Waals surface area contributed by atoms with Gasteiger partial charge in [0.05, 0.1) is 23.1 Å². The van der Waals surface area contributed by atoms with Gasteiger partial charge in [-0.15, -0.1) is 0 Å². The third kappa shape index (κ3) is 4.66. The first-order chi connectivity index (χ1) is 12.9. The predicted octanol–water partition coefficient (Wildman–Crippen LogP) is 2.49. The molecule has 0 bridgehead atoms. The average Bonchev–Trinajstić information content (AvgIpc) is 3.11. The van der Waals surface area contributed by atoms with Gasteiger partial charge in [-0.3, -0.25) is 4.79 Å². The van der Waals surface area contributed by atoms with E-state index in [0.717, 1.165) is 12.0 Å². The molecule has 0 spiro atoms. The van der Waals surface area contributed by atoms with Crippen molar-refractivity contribution in [2.45, 2.75) is 42.9 Å². The summed E-state index contributed by atoms with van der Waals surface area (Å²) >= 11 is 0. The van der Waals surface area contributed by atoms with Gasteiger partial charge in [-0.2, -0.15) is 0 Å². The van der Waals surface area contributed by atoms with Crippen LogP contribution in [0, 0.1) is 0 Å². The van der Waals surface area contributed by atoms with Crippen LogP contribution in [0.25, 0.3) is 0 Å². The Hall–Kier alpha value is -2.41. The number of amides is 1. The first kappa shape index (κ1) is 19.4. The topological polar surface area (TPSA) is 76.6 Å². The molecule has 1 atom stereocenters. The monoisotopic (exact) mass is 388 g/mol. The van der Waals surface area contributed by atoms with Gasteiger partial charge in [0.1, 0.15) is 6.10 Å². The zero-order valence-electron chi connectivity index (χ0n) is 15.5. The van der Waals surface area contributed by atoms with E-state index in [1.54, 1.807) is 55.3 Å². The van der Waals surface area contributed by atoms with Crippen molar-refractivity contribution >= 4 is 15.7 Å². The minimum Gasteiger partial charge on any atom is -0.472 e. The molecular formula is C20H24N2O4S. The van der Waals surface area contributed by atoms with Crippen LogP contribution in [0.4, 0.5) is 0 Å². The second kappa shape index (κ2) is 8.08. The SMILES string of the molecule is CC(C)S(=O)(=O)c1ccc(CC(=O)N2CCC(Oc3ccccn3)C2)cc1. The molecule has 1 aliphatic heterocycles. The standard InChI is InChI=1S/C20H24N2O4S/c1-15(2)27(24,25)18-8-6-16(7-9-18)13-20(23)22-12-10-17(14-22)26-19-5-3-4-11-21-19/h3-9,11,15,17H,10,12-14H2,1-2H3. The highest BCUT2D eigenvalue weighted by molar-refractivity contribution is 7.92. The maximum Gasteiger partial charge on any atom is 0.227 e. The van der Waals surface area contributed by atoms with Gasteiger partial charge in [0, 0.05) is 25.2 Å². The van der Waals surface area contributed by atoms with Crippen LogP contribution >= 0.6 is 0 Å². The normalized spacial score (nSPS) is 17.3. The fourth-order valence-electron chi connectivity index (χ4n) is 2.99. The zero-order chi connectivity index (χ0) is 19.4. The first-order valence-corrected chi connectivity index (χ1v) is 10.6. The van der Waals surface area contributed by atoms with E-state index in [1.807, 2.05) is 12.1 Å². The Kier molecular flexibility index (Phi) is 5.79. The van der Waals surface area contributed by atoms with E-state index in [1.165, 1.54) is 0 Å². The minimum atomic E-state index is -3.29. The average molecular weight is 388 g/mol. The minimum absolute atomic E-state index is 0.0154. The summed E-state index contributed by atoms with van der Waals surface area (Å²) in [5.74, 6) is 0.584. The second-order valence-corrected chi connectivity index (χ2v) is 9.45. The molecule has 27 heavy (non-hydrogen) atoms. The maximum atomic E-state index is 12.5. The summed E-state index contributed by atoms with van der Waals surface area (Å²) in [6.07, 6.45) is 2.64. The van der Waals surface area contributed by atoms with E-state index >= 15 is 0 Å². The third-order valence-electron chi connectivity index (χ3n) is 4.65. The van der Waals surface area contributed by atoms with Crippen LogP contribution in [0.1, 0.15) is 25.8 Å². The second-order valence-electron chi connectivity index (χ2n) is 6.95. The highest BCUT2D eigenvalue weighted by Crippen LogP contribution is 2.19. The van der Waals surface area contributed by atoms with Gasteiger partial charge in [0.25, 0.3) is 0 Å². The Morgan fingerprint density at radius 1 is 1.22 bits per heavy atom. The summed E-state index contributed by atoms with van der Waals surface area (Å²) in [6.45, 7) is 4.50. The quantitative estimate of drug-likeness (QED) is 0.760. The van der Waals surface area contributed by atoms with Gasteiger partial charge in [0.2, 0.25) is 11.8 Å². The van der Waals surface area contributed by atoms with Crippen LogP contribution in [-0.2, 0) is 21.1 Å². The number of carbonyl (C=O) groups excluding carboxylic acids is 1. The lowest BCUT2D eigenvalue weighted by molar-refractivity contribution is -0.129. The maximum absolute atomic E-state index is 12.5. The summed E-state index contributed by atoms with van der Waals surface area (Å²) in [5.41, 5.74) is 0.803. The Morgan fingerprint density at radius 2 is 1.96 bits per heavy atom. The fraction of sp³-hybridized carbons (Fsp3) is 0.400. The van der Waals surface area contributed by atoms with Crippen molar-refractivity contribution in [2.24, 2.45) is 0 Å². The third-order valence-corrected chi connectivity index (χ3v) is 6.82. The number of hydrogen-bond donors (Lipinski definition) is 0. The molecule has 1 aromatic heterocycles. The highest BCUT2D eigenvalue weighted by atomic mass is 32.2. The van der Waals surface area contributed by atoms with Crippen LogP contribution < -0.4 is 4.74 Å². The fourth-order valence-corrected chi connectivity index (χ4v) is 4.05. The van der Waals surface area contributed by atoms with Crippen molar-refractivity contribution in [3.8, 4) is 5.88 Å². The number of rotatable bonds is 6. The van der Waals surface area contributed by atoms with Gasteiger partial charge >= 0.3 is 0 Å². The van der Waals surface area contributed by atoms with Crippen LogP contribution in [0.3, 0.4) is 0 Å². The Bertz CT molecular complexity index is 880. The molecule has 1 aromatic carbocycles. The van der Waals surface area contributed by atoms with Crippen molar-refractivity contribution in [3.05, 3.63) is 54.2 Å². The van der Waals surface area contributed by atoms with Gasteiger partial charge < -0.3 is 9.64 Å².